The number of aromatic nitrogens is 4. The van der Waals surface area contributed by atoms with Crippen molar-refractivity contribution < 1.29 is 5.11 Å². The highest BCUT2D eigenvalue weighted by molar-refractivity contribution is 7.81. The van der Waals surface area contributed by atoms with Gasteiger partial charge in [0, 0.05) is 37.3 Å². The number of hydrogen-bond donors (Lipinski definition) is 2. The van der Waals surface area contributed by atoms with Gasteiger partial charge in [-0.2, -0.15) is 0 Å². The van der Waals surface area contributed by atoms with Gasteiger partial charge < -0.3 is 9.41 Å². The number of anilines is 1. The lowest BCUT2D eigenvalue weighted by Crippen LogP contribution is -2.21. The number of nitrogens with zero attached hydrogens (tertiary/aromatic N) is 5. The molecule has 0 unspecified atom stereocenters. The maximum Gasteiger partial charge on any atom is 0.164 e. The van der Waals surface area contributed by atoms with Gasteiger partial charge in [0.2, 0.25) is 0 Å². The number of rotatable bonds is 3. The molecule has 8 heteroatoms. The van der Waals surface area contributed by atoms with Crippen LogP contribution < -0.4 is 4.31 Å². The van der Waals surface area contributed by atoms with E-state index in [9.17, 15) is 0 Å². The van der Waals surface area contributed by atoms with Gasteiger partial charge in [0.1, 0.15) is 16.4 Å². The van der Waals surface area contributed by atoms with Crippen LogP contribution in [0, 0.1) is 0 Å². The number of thiol groups is 1. The molecule has 0 spiro atoms. The van der Waals surface area contributed by atoms with Crippen molar-refractivity contribution in [2.45, 2.75) is 33.6 Å². The van der Waals surface area contributed by atoms with E-state index in [-0.39, 0.29) is 0 Å². The highest BCUT2D eigenvalue weighted by atomic mass is 32.1. The van der Waals surface area contributed by atoms with Gasteiger partial charge in [0.05, 0.1) is 11.1 Å². The molecule has 1 aliphatic rings. The Hall–Kier alpha value is -2.29. The summed E-state index contributed by atoms with van der Waals surface area (Å²) in [6.45, 7) is 11.1. The summed E-state index contributed by atoms with van der Waals surface area (Å²) >= 11 is 6.00. The Labute approximate surface area is 182 Å². The molecule has 0 radical (unpaired) electrons. The van der Waals surface area contributed by atoms with Crippen molar-refractivity contribution in [1.82, 2.24) is 19.9 Å². The molecule has 1 aliphatic heterocycles. The predicted octanol–water partition coefficient (Wildman–Crippen LogP) is 5.15. The van der Waals surface area contributed by atoms with E-state index in [2.05, 4.69) is 34.3 Å². The van der Waals surface area contributed by atoms with E-state index in [0.29, 0.717) is 6.61 Å². The highest BCUT2D eigenvalue weighted by Gasteiger charge is 2.21. The van der Waals surface area contributed by atoms with E-state index in [1.807, 2.05) is 49.6 Å². The Kier molecular flexibility index (Phi) is 9.24. The lowest BCUT2D eigenvalue weighted by atomic mass is 10.1. The fourth-order valence-corrected chi connectivity index (χ4v) is 3.51. The SMILES string of the molecule is C=C1CCN(S)c2ncc(-c3cnc(-c4cccnc4)s3)nc21.CC.CCCO. The van der Waals surface area contributed by atoms with Crippen LogP contribution >= 0.6 is 24.2 Å². The van der Waals surface area contributed by atoms with E-state index in [0.717, 1.165) is 57.6 Å². The molecule has 0 amide bonds. The van der Waals surface area contributed by atoms with Crippen molar-refractivity contribution in [1.29, 1.82) is 0 Å². The number of hydrogen-bond acceptors (Lipinski definition) is 8. The summed E-state index contributed by atoms with van der Waals surface area (Å²) in [5.74, 6) is 0.769. The standard InChI is InChI=1S/C16H13N5S2.C3H8O.C2H6/c1-10-4-6-21(22)15-14(10)20-12(8-18-15)13-9-19-16(23-13)11-3-2-5-17-7-11;1-2-3-4;1-2/h2-3,5,7-9,22H,1,4,6H2;4H,2-3H2,1H3;1-2H3. The summed E-state index contributed by atoms with van der Waals surface area (Å²) in [4.78, 5) is 18.8. The van der Waals surface area contributed by atoms with Crippen molar-refractivity contribution >= 4 is 35.5 Å². The van der Waals surface area contributed by atoms with Crippen LogP contribution in [-0.2, 0) is 0 Å². The fourth-order valence-electron chi connectivity index (χ4n) is 2.41. The summed E-state index contributed by atoms with van der Waals surface area (Å²) in [6, 6.07) is 3.90. The van der Waals surface area contributed by atoms with Crippen molar-refractivity contribution in [3.63, 3.8) is 0 Å². The van der Waals surface area contributed by atoms with E-state index in [4.69, 9.17) is 10.1 Å². The van der Waals surface area contributed by atoms with E-state index in [1.54, 1.807) is 23.7 Å². The first-order valence-electron chi connectivity index (χ1n) is 9.63. The quantitative estimate of drug-likeness (QED) is 0.561. The molecule has 0 aliphatic carbocycles. The number of aliphatic hydroxyl groups excluding tert-OH is 1. The molecule has 1 N–H and O–H groups in total. The van der Waals surface area contributed by atoms with Gasteiger partial charge in [0.25, 0.3) is 0 Å². The summed E-state index contributed by atoms with van der Waals surface area (Å²) in [5.41, 5.74) is 3.62. The Bertz CT molecular complexity index is 912. The summed E-state index contributed by atoms with van der Waals surface area (Å²) in [5, 5.41) is 8.79. The van der Waals surface area contributed by atoms with Crippen LogP contribution in [0.2, 0.25) is 0 Å². The lowest BCUT2D eigenvalue weighted by Gasteiger charge is -2.25. The third-order valence-corrected chi connectivity index (χ3v) is 5.31. The zero-order valence-electron chi connectivity index (χ0n) is 17.0. The number of fused-ring (bicyclic) bond motifs is 1. The molecule has 0 saturated carbocycles. The Morgan fingerprint density at radius 2 is 2.00 bits per heavy atom. The lowest BCUT2D eigenvalue weighted by molar-refractivity contribution is 0.295. The Balaban J connectivity index is 0.000000449. The van der Waals surface area contributed by atoms with E-state index in [1.165, 1.54) is 0 Å². The smallest absolute Gasteiger partial charge is 0.164 e. The van der Waals surface area contributed by atoms with Gasteiger partial charge >= 0.3 is 0 Å². The van der Waals surface area contributed by atoms with Gasteiger partial charge in [0.15, 0.2) is 5.82 Å². The monoisotopic (exact) mass is 429 g/mol. The first kappa shape index (κ1) is 23.0. The molecule has 0 aromatic carbocycles. The average Bonchev–Trinajstić information content (AvgIpc) is 3.29. The highest BCUT2D eigenvalue weighted by Crippen LogP contribution is 2.35. The Morgan fingerprint density at radius 1 is 1.24 bits per heavy atom. The molecule has 3 aromatic rings. The zero-order valence-corrected chi connectivity index (χ0v) is 18.7. The normalized spacial score (nSPS) is 12.3. The summed E-state index contributed by atoms with van der Waals surface area (Å²) in [7, 11) is 0. The minimum atomic E-state index is 0.319. The molecule has 29 heavy (non-hydrogen) atoms. The predicted molar refractivity (Wildman–Crippen MR) is 125 cm³/mol. The van der Waals surface area contributed by atoms with Crippen LogP contribution in [0.15, 0.2) is 43.5 Å². The molecule has 154 valence electrons. The largest absolute Gasteiger partial charge is 0.396 e. The molecule has 0 fully saturated rings. The molecular formula is C21H27N5OS2. The van der Waals surface area contributed by atoms with Gasteiger partial charge in [-0.1, -0.05) is 40.2 Å². The molecule has 3 aromatic heterocycles. The fraction of sp³-hybridized carbons (Fsp3) is 0.333. The van der Waals surface area contributed by atoms with Gasteiger partial charge in [-0.3, -0.25) is 4.98 Å². The first-order chi connectivity index (χ1) is 14.1. The number of aliphatic hydroxyl groups is 1. The molecule has 4 rings (SSSR count). The van der Waals surface area contributed by atoms with Gasteiger partial charge in [-0.15, -0.1) is 11.3 Å². The van der Waals surface area contributed by atoms with Crippen molar-refractivity contribution in [2.75, 3.05) is 17.5 Å². The number of pyridine rings is 1. The maximum atomic E-state index is 7.88. The zero-order chi connectivity index (χ0) is 21.2. The second-order valence-electron chi connectivity index (χ2n) is 5.90. The molecule has 0 saturated heterocycles. The molecule has 4 heterocycles. The third kappa shape index (κ3) is 5.85. The Morgan fingerprint density at radius 3 is 2.66 bits per heavy atom. The summed E-state index contributed by atoms with van der Waals surface area (Å²) in [6.07, 6.45) is 8.87. The molecular weight excluding hydrogens is 402 g/mol. The van der Waals surface area contributed by atoms with Crippen LogP contribution in [0.25, 0.3) is 26.7 Å². The first-order valence-corrected chi connectivity index (χ1v) is 10.8. The van der Waals surface area contributed by atoms with Crippen LogP contribution in [-0.4, -0.2) is 38.2 Å². The van der Waals surface area contributed by atoms with Crippen molar-refractivity contribution in [3.8, 4) is 21.1 Å². The van der Waals surface area contributed by atoms with Gasteiger partial charge in [-0.25, -0.2) is 15.0 Å². The molecule has 0 bridgehead atoms. The van der Waals surface area contributed by atoms with E-state index < -0.39 is 0 Å². The third-order valence-electron chi connectivity index (χ3n) is 3.85. The molecule has 6 nitrogen and oxygen atoms in total. The van der Waals surface area contributed by atoms with Crippen molar-refractivity contribution in [2.24, 2.45) is 0 Å². The topological polar surface area (TPSA) is 75.0 Å². The minimum Gasteiger partial charge on any atom is -0.396 e. The summed E-state index contributed by atoms with van der Waals surface area (Å²) < 4.78 is 1.81. The van der Waals surface area contributed by atoms with Crippen LogP contribution in [0.1, 0.15) is 39.3 Å². The second kappa shape index (κ2) is 11.6. The van der Waals surface area contributed by atoms with Crippen LogP contribution in [0.5, 0.6) is 0 Å². The van der Waals surface area contributed by atoms with Gasteiger partial charge in [-0.05, 0) is 30.5 Å². The van der Waals surface area contributed by atoms with Crippen LogP contribution in [0.3, 0.4) is 0 Å². The van der Waals surface area contributed by atoms with Crippen molar-refractivity contribution in [3.05, 3.63) is 49.2 Å². The minimum absolute atomic E-state index is 0.319. The number of thiazole rings is 1. The second-order valence-corrected chi connectivity index (χ2v) is 7.41. The average molecular weight is 430 g/mol. The van der Waals surface area contributed by atoms with E-state index >= 15 is 0 Å². The molecule has 0 atom stereocenters. The maximum absolute atomic E-state index is 7.88. The van der Waals surface area contributed by atoms with Crippen LogP contribution in [0.4, 0.5) is 5.82 Å².